The van der Waals surface area contributed by atoms with Gasteiger partial charge in [-0.3, -0.25) is 9.59 Å². The maximum Gasteiger partial charge on any atom is 0.295 e. The standard InChI is InChI=1S/C23H25ClN2O5/c1-25(2)11-4-12-26-20(14-5-8-16(27)9-6-14)19(22(29)23(26)30)21(28)15-7-10-18(31-3)17(24)13-15/h5-10,13,20,27-28H,4,11-12H2,1-3H3/b21-19-. The number of methoxy groups -OCH3 is 1. The number of phenolic OH excluding ortho intramolecular Hbond substituents is 1. The van der Waals surface area contributed by atoms with E-state index < -0.39 is 17.7 Å². The summed E-state index contributed by atoms with van der Waals surface area (Å²) in [5.74, 6) is -1.24. The van der Waals surface area contributed by atoms with Gasteiger partial charge in [0.25, 0.3) is 11.7 Å². The Morgan fingerprint density at radius 3 is 2.42 bits per heavy atom. The number of ether oxygens (including phenoxy) is 1. The first-order valence-corrected chi connectivity index (χ1v) is 10.2. The molecule has 2 N–H and O–H groups in total. The van der Waals surface area contributed by atoms with Crippen LogP contribution in [0.5, 0.6) is 11.5 Å². The van der Waals surface area contributed by atoms with Crippen LogP contribution in [0.15, 0.2) is 48.0 Å². The number of aromatic hydroxyl groups is 1. The molecule has 1 saturated heterocycles. The summed E-state index contributed by atoms with van der Waals surface area (Å²) in [6, 6.07) is 10.1. The van der Waals surface area contributed by atoms with E-state index in [1.807, 2.05) is 19.0 Å². The fourth-order valence-electron chi connectivity index (χ4n) is 3.64. The molecule has 7 nitrogen and oxygen atoms in total. The molecular formula is C23H25ClN2O5. The molecule has 31 heavy (non-hydrogen) atoms. The van der Waals surface area contributed by atoms with Crippen molar-refractivity contribution in [2.24, 2.45) is 0 Å². The second-order valence-corrected chi connectivity index (χ2v) is 8.00. The van der Waals surface area contributed by atoms with Crippen molar-refractivity contribution in [1.82, 2.24) is 9.80 Å². The van der Waals surface area contributed by atoms with Crippen LogP contribution in [0.3, 0.4) is 0 Å². The minimum Gasteiger partial charge on any atom is -0.508 e. The van der Waals surface area contributed by atoms with Crippen molar-refractivity contribution in [3.8, 4) is 11.5 Å². The highest BCUT2D eigenvalue weighted by Crippen LogP contribution is 2.40. The smallest absolute Gasteiger partial charge is 0.295 e. The summed E-state index contributed by atoms with van der Waals surface area (Å²) in [7, 11) is 5.34. The van der Waals surface area contributed by atoms with Crippen molar-refractivity contribution in [2.75, 3.05) is 34.3 Å². The average molecular weight is 445 g/mol. The third-order valence-electron chi connectivity index (χ3n) is 5.18. The van der Waals surface area contributed by atoms with Crippen molar-refractivity contribution < 1.29 is 24.5 Å². The average Bonchev–Trinajstić information content (AvgIpc) is 2.98. The maximum absolute atomic E-state index is 13.0. The van der Waals surface area contributed by atoms with Gasteiger partial charge in [-0.15, -0.1) is 0 Å². The van der Waals surface area contributed by atoms with Gasteiger partial charge in [0, 0.05) is 12.1 Å². The molecule has 1 amide bonds. The molecule has 3 rings (SSSR count). The largest absolute Gasteiger partial charge is 0.508 e. The highest BCUT2D eigenvalue weighted by atomic mass is 35.5. The van der Waals surface area contributed by atoms with Gasteiger partial charge in [-0.1, -0.05) is 23.7 Å². The van der Waals surface area contributed by atoms with E-state index in [9.17, 15) is 19.8 Å². The molecule has 0 aliphatic carbocycles. The number of rotatable bonds is 7. The van der Waals surface area contributed by atoms with Crippen LogP contribution in [-0.4, -0.2) is 66.0 Å². The van der Waals surface area contributed by atoms with E-state index in [1.165, 1.54) is 30.2 Å². The summed E-state index contributed by atoms with van der Waals surface area (Å²) in [5.41, 5.74) is 0.908. The van der Waals surface area contributed by atoms with Gasteiger partial charge in [0.1, 0.15) is 17.3 Å². The third-order valence-corrected chi connectivity index (χ3v) is 5.47. The van der Waals surface area contributed by atoms with E-state index in [1.54, 1.807) is 24.3 Å². The van der Waals surface area contributed by atoms with Gasteiger partial charge in [-0.2, -0.15) is 0 Å². The predicted molar refractivity (Wildman–Crippen MR) is 118 cm³/mol. The highest BCUT2D eigenvalue weighted by Gasteiger charge is 2.45. The van der Waals surface area contributed by atoms with Crippen LogP contribution in [-0.2, 0) is 9.59 Å². The second kappa shape index (κ2) is 9.41. The van der Waals surface area contributed by atoms with E-state index in [-0.39, 0.29) is 22.1 Å². The van der Waals surface area contributed by atoms with Crippen LogP contribution in [0.25, 0.3) is 5.76 Å². The molecule has 0 aromatic heterocycles. The lowest BCUT2D eigenvalue weighted by atomic mass is 9.95. The number of benzene rings is 2. The molecule has 0 saturated carbocycles. The first-order valence-electron chi connectivity index (χ1n) is 9.80. The first kappa shape index (κ1) is 22.7. The number of aliphatic hydroxyl groups excluding tert-OH is 1. The fourth-order valence-corrected chi connectivity index (χ4v) is 3.90. The van der Waals surface area contributed by atoms with Crippen LogP contribution < -0.4 is 4.74 Å². The van der Waals surface area contributed by atoms with E-state index in [4.69, 9.17) is 16.3 Å². The summed E-state index contributed by atoms with van der Waals surface area (Å²) in [5, 5.41) is 21.0. The Hall–Kier alpha value is -3.03. The quantitative estimate of drug-likeness (QED) is 0.386. The number of likely N-dealkylation sites (tertiary alicyclic amines) is 1. The SMILES string of the molecule is COc1ccc(/C(O)=C2/C(=O)C(=O)N(CCCN(C)C)C2c2ccc(O)cc2)cc1Cl. The Kier molecular flexibility index (Phi) is 6.87. The van der Waals surface area contributed by atoms with Crippen LogP contribution in [0, 0.1) is 0 Å². The van der Waals surface area contributed by atoms with Crippen molar-refractivity contribution in [2.45, 2.75) is 12.5 Å². The molecular weight excluding hydrogens is 420 g/mol. The van der Waals surface area contributed by atoms with E-state index in [0.717, 1.165) is 6.54 Å². The lowest BCUT2D eigenvalue weighted by Crippen LogP contribution is -2.32. The Morgan fingerprint density at radius 2 is 1.84 bits per heavy atom. The van der Waals surface area contributed by atoms with Gasteiger partial charge < -0.3 is 24.7 Å². The number of hydrogen-bond acceptors (Lipinski definition) is 6. The number of hydrogen-bond donors (Lipinski definition) is 2. The lowest BCUT2D eigenvalue weighted by Gasteiger charge is -2.26. The van der Waals surface area contributed by atoms with E-state index in [0.29, 0.717) is 29.8 Å². The number of carbonyl (C=O) groups is 2. The number of carbonyl (C=O) groups excluding carboxylic acids is 2. The van der Waals surface area contributed by atoms with Crippen LogP contribution in [0.2, 0.25) is 5.02 Å². The number of halogens is 1. The molecule has 164 valence electrons. The Balaban J connectivity index is 2.10. The van der Waals surface area contributed by atoms with E-state index in [2.05, 4.69) is 0 Å². The van der Waals surface area contributed by atoms with Crippen LogP contribution in [0.1, 0.15) is 23.6 Å². The Morgan fingerprint density at radius 1 is 1.16 bits per heavy atom. The Labute approximate surface area is 186 Å². The topological polar surface area (TPSA) is 90.3 Å². The van der Waals surface area contributed by atoms with Crippen molar-refractivity contribution in [3.63, 3.8) is 0 Å². The molecule has 0 radical (unpaired) electrons. The summed E-state index contributed by atoms with van der Waals surface area (Å²) in [4.78, 5) is 29.3. The molecule has 1 atom stereocenters. The number of Topliss-reactive ketones (excluding diaryl/α,β-unsaturated/α-hetero) is 1. The number of aliphatic hydroxyl groups is 1. The molecule has 0 spiro atoms. The molecule has 1 heterocycles. The molecule has 0 bridgehead atoms. The van der Waals surface area contributed by atoms with Gasteiger partial charge in [0.15, 0.2) is 0 Å². The molecule has 1 unspecified atom stereocenters. The van der Waals surface area contributed by atoms with Crippen molar-refractivity contribution in [3.05, 3.63) is 64.2 Å². The lowest BCUT2D eigenvalue weighted by molar-refractivity contribution is -0.139. The molecule has 1 aliphatic heterocycles. The zero-order valence-corrected chi connectivity index (χ0v) is 18.4. The highest BCUT2D eigenvalue weighted by molar-refractivity contribution is 6.46. The number of phenols is 1. The Bertz CT molecular complexity index is 1020. The van der Waals surface area contributed by atoms with Gasteiger partial charge in [-0.05, 0) is 63.0 Å². The minimum atomic E-state index is -0.774. The zero-order valence-electron chi connectivity index (χ0n) is 17.6. The molecule has 8 heteroatoms. The summed E-state index contributed by atoms with van der Waals surface area (Å²) < 4.78 is 5.14. The zero-order chi connectivity index (χ0) is 22.7. The molecule has 1 fully saturated rings. The van der Waals surface area contributed by atoms with E-state index >= 15 is 0 Å². The number of ketones is 1. The summed E-state index contributed by atoms with van der Waals surface area (Å²) >= 11 is 6.19. The van der Waals surface area contributed by atoms with Crippen LogP contribution in [0.4, 0.5) is 0 Å². The number of nitrogens with zero attached hydrogens (tertiary/aromatic N) is 2. The predicted octanol–water partition coefficient (Wildman–Crippen LogP) is 3.43. The maximum atomic E-state index is 13.0. The monoisotopic (exact) mass is 444 g/mol. The van der Waals surface area contributed by atoms with Gasteiger partial charge in [-0.25, -0.2) is 0 Å². The molecule has 2 aromatic carbocycles. The molecule has 1 aliphatic rings. The summed E-state index contributed by atoms with van der Waals surface area (Å²) in [6.45, 7) is 1.08. The van der Waals surface area contributed by atoms with Gasteiger partial charge >= 0.3 is 0 Å². The van der Waals surface area contributed by atoms with Crippen molar-refractivity contribution in [1.29, 1.82) is 0 Å². The van der Waals surface area contributed by atoms with Crippen molar-refractivity contribution >= 4 is 29.1 Å². The van der Waals surface area contributed by atoms with Crippen LogP contribution >= 0.6 is 11.6 Å². The van der Waals surface area contributed by atoms with Gasteiger partial charge in [0.2, 0.25) is 0 Å². The first-order chi connectivity index (χ1) is 14.7. The van der Waals surface area contributed by atoms with Gasteiger partial charge in [0.05, 0.1) is 23.7 Å². The second-order valence-electron chi connectivity index (χ2n) is 7.59. The minimum absolute atomic E-state index is 0.0122. The third kappa shape index (κ3) is 4.68. The summed E-state index contributed by atoms with van der Waals surface area (Å²) in [6.07, 6.45) is 0.656. The normalized spacial score (nSPS) is 18.1. The molecule has 2 aromatic rings. The number of amides is 1. The fraction of sp³-hybridized carbons (Fsp3) is 0.304.